The van der Waals surface area contributed by atoms with Gasteiger partial charge in [0.25, 0.3) is 10.0 Å². The minimum atomic E-state index is -3.73. The standard InChI is InChI=1S/C23H24FN5O3S2/c24-17-1-3-18(4-2-17)27-12-14-28(15-13-27)21-9-11-29(22(21)30)19-5-7-20(8-6-19)34(31,32)26-23-25-10-16-33-23/h1-8,10,16,21H,9,11-15H2,(H,25,26)/t21-/m0/s1. The SMILES string of the molecule is O=C1[C@@H](N2CCN(c3ccc(F)cc3)CC2)CCN1c1ccc(S(=O)(=O)Nc2nccs2)cc1. The summed E-state index contributed by atoms with van der Waals surface area (Å²) in [6.45, 7) is 3.63. The minimum Gasteiger partial charge on any atom is -0.369 e. The fourth-order valence-corrected chi connectivity index (χ4v) is 6.25. The molecule has 0 spiro atoms. The molecular weight excluding hydrogens is 477 g/mol. The van der Waals surface area contributed by atoms with E-state index < -0.39 is 10.0 Å². The van der Waals surface area contributed by atoms with Crippen molar-refractivity contribution in [1.82, 2.24) is 9.88 Å². The van der Waals surface area contributed by atoms with Crippen molar-refractivity contribution in [3.8, 4) is 0 Å². The van der Waals surface area contributed by atoms with Gasteiger partial charge in [-0.25, -0.2) is 17.8 Å². The Labute approximate surface area is 201 Å². The van der Waals surface area contributed by atoms with Crippen molar-refractivity contribution in [3.63, 3.8) is 0 Å². The number of carbonyl (C=O) groups is 1. The van der Waals surface area contributed by atoms with Gasteiger partial charge in [-0.1, -0.05) is 0 Å². The number of halogens is 1. The van der Waals surface area contributed by atoms with Crippen molar-refractivity contribution in [1.29, 1.82) is 0 Å². The van der Waals surface area contributed by atoms with E-state index in [0.717, 1.165) is 38.3 Å². The van der Waals surface area contributed by atoms with Gasteiger partial charge in [-0.05, 0) is 55.0 Å². The fourth-order valence-electron chi connectivity index (χ4n) is 4.46. The molecule has 2 aromatic carbocycles. The first-order valence-electron chi connectivity index (χ1n) is 11.0. The molecule has 1 aromatic heterocycles. The third kappa shape index (κ3) is 4.63. The van der Waals surface area contributed by atoms with Crippen LogP contribution in [0.2, 0.25) is 0 Å². The van der Waals surface area contributed by atoms with Gasteiger partial charge in [-0.3, -0.25) is 14.4 Å². The normalized spacial score (nSPS) is 19.6. The number of amides is 1. The smallest absolute Gasteiger partial charge is 0.263 e. The summed E-state index contributed by atoms with van der Waals surface area (Å²) in [4.78, 5) is 23.4. The van der Waals surface area contributed by atoms with Crippen LogP contribution in [0.5, 0.6) is 0 Å². The molecule has 2 aliphatic heterocycles. The second-order valence-electron chi connectivity index (χ2n) is 8.23. The molecule has 2 saturated heterocycles. The molecule has 34 heavy (non-hydrogen) atoms. The molecule has 2 aliphatic rings. The summed E-state index contributed by atoms with van der Waals surface area (Å²) in [7, 11) is -3.73. The van der Waals surface area contributed by atoms with Crippen molar-refractivity contribution in [2.75, 3.05) is 47.2 Å². The van der Waals surface area contributed by atoms with Crippen molar-refractivity contribution >= 4 is 43.8 Å². The van der Waals surface area contributed by atoms with Crippen molar-refractivity contribution in [2.24, 2.45) is 0 Å². The Morgan fingerprint density at radius 1 is 0.941 bits per heavy atom. The molecule has 3 heterocycles. The monoisotopic (exact) mass is 501 g/mol. The Balaban J connectivity index is 1.21. The van der Waals surface area contributed by atoms with Crippen LogP contribution in [0.25, 0.3) is 0 Å². The lowest BCUT2D eigenvalue weighted by Crippen LogP contribution is -2.52. The largest absolute Gasteiger partial charge is 0.369 e. The van der Waals surface area contributed by atoms with E-state index >= 15 is 0 Å². The van der Waals surface area contributed by atoms with Crippen LogP contribution in [-0.4, -0.2) is 63.0 Å². The number of thiazole rings is 1. The molecule has 1 amide bonds. The van der Waals surface area contributed by atoms with E-state index in [1.165, 1.54) is 41.8 Å². The number of benzene rings is 2. The second-order valence-corrected chi connectivity index (χ2v) is 10.8. The molecule has 11 heteroatoms. The molecule has 178 valence electrons. The first kappa shape index (κ1) is 22.8. The molecule has 0 aliphatic carbocycles. The molecule has 3 aromatic rings. The number of hydrogen-bond acceptors (Lipinski definition) is 7. The zero-order valence-corrected chi connectivity index (χ0v) is 19.9. The zero-order valence-electron chi connectivity index (χ0n) is 18.3. The number of nitrogens with one attached hydrogen (secondary N) is 1. The maximum atomic E-state index is 13.2. The first-order chi connectivity index (χ1) is 16.4. The molecule has 1 N–H and O–H groups in total. The third-order valence-electron chi connectivity index (χ3n) is 6.24. The van der Waals surface area contributed by atoms with E-state index in [4.69, 9.17) is 0 Å². The molecule has 0 unspecified atom stereocenters. The van der Waals surface area contributed by atoms with Gasteiger partial charge < -0.3 is 9.80 Å². The van der Waals surface area contributed by atoms with Crippen molar-refractivity contribution in [2.45, 2.75) is 17.4 Å². The molecule has 1 atom stereocenters. The zero-order chi connectivity index (χ0) is 23.7. The average molecular weight is 502 g/mol. The van der Waals surface area contributed by atoms with Crippen LogP contribution < -0.4 is 14.5 Å². The third-order valence-corrected chi connectivity index (χ3v) is 8.41. The summed E-state index contributed by atoms with van der Waals surface area (Å²) in [5, 5.41) is 2.00. The van der Waals surface area contributed by atoms with Gasteiger partial charge in [0.2, 0.25) is 5.91 Å². The molecule has 8 nitrogen and oxygen atoms in total. The summed E-state index contributed by atoms with van der Waals surface area (Å²) in [6.07, 6.45) is 2.25. The van der Waals surface area contributed by atoms with E-state index in [9.17, 15) is 17.6 Å². The number of hydrogen-bond donors (Lipinski definition) is 1. The van der Waals surface area contributed by atoms with Crippen LogP contribution in [-0.2, 0) is 14.8 Å². The van der Waals surface area contributed by atoms with Crippen LogP contribution in [0.1, 0.15) is 6.42 Å². The maximum absolute atomic E-state index is 13.2. The van der Waals surface area contributed by atoms with Gasteiger partial charge >= 0.3 is 0 Å². The van der Waals surface area contributed by atoms with Crippen LogP contribution in [0.4, 0.5) is 20.9 Å². The minimum absolute atomic E-state index is 0.0340. The lowest BCUT2D eigenvalue weighted by atomic mass is 10.1. The number of nitrogens with zero attached hydrogens (tertiary/aromatic N) is 4. The molecular formula is C23H24FN5O3S2. The molecule has 0 bridgehead atoms. The van der Waals surface area contributed by atoms with E-state index in [1.807, 2.05) is 0 Å². The first-order valence-corrected chi connectivity index (χ1v) is 13.4. The van der Waals surface area contributed by atoms with E-state index in [1.54, 1.807) is 34.5 Å². The second kappa shape index (κ2) is 9.32. The molecule has 0 radical (unpaired) electrons. The highest BCUT2D eigenvalue weighted by molar-refractivity contribution is 7.93. The van der Waals surface area contributed by atoms with E-state index in [2.05, 4.69) is 19.5 Å². The van der Waals surface area contributed by atoms with Crippen LogP contribution in [0.3, 0.4) is 0 Å². The van der Waals surface area contributed by atoms with Crippen molar-refractivity contribution < 1.29 is 17.6 Å². The Bertz CT molecular complexity index is 1240. The summed E-state index contributed by atoms with van der Waals surface area (Å²) in [5.41, 5.74) is 1.67. The molecule has 0 saturated carbocycles. The summed E-state index contributed by atoms with van der Waals surface area (Å²) < 4.78 is 40.7. The number of anilines is 3. The number of carbonyl (C=O) groups excluding carboxylic acids is 1. The van der Waals surface area contributed by atoms with Crippen molar-refractivity contribution in [3.05, 3.63) is 65.9 Å². The summed E-state index contributed by atoms with van der Waals surface area (Å²) >= 11 is 1.20. The number of aromatic nitrogens is 1. The number of rotatable bonds is 6. The van der Waals surface area contributed by atoms with Crippen LogP contribution in [0, 0.1) is 5.82 Å². The van der Waals surface area contributed by atoms with E-state index in [0.29, 0.717) is 17.4 Å². The van der Waals surface area contributed by atoms with Crippen LogP contribution >= 0.6 is 11.3 Å². The molecule has 2 fully saturated rings. The lowest BCUT2D eigenvalue weighted by Gasteiger charge is -2.38. The maximum Gasteiger partial charge on any atom is 0.263 e. The van der Waals surface area contributed by atoms with Gasteiger partial charge in [0.1, 0.15) is 5.82 Å². The lowest BCUT2D eigenvalue weighted by molar-refractivity contribution is -0.121. The summed E-state index contributed by atoms with van der Waals surface area (Å²) in [5.74, 6) is -0.216. The number of sulfonamides is 1. The topological polar surface area (TPSA) is 85.9 Å². The highest BCUT2D eigenvalue weighted by Crippen LogP contribution is 2.28. The molecule has 5 rings (SSSR count). The Kier molecular flexibility index (Phi) is 6.24. The predicted octanol–water partition coefficient (Wildman–Crippen LogP) is 3.01. The van der Waals surface area contributed by atoms with Gasteiger partial charge in [-0.15, -0.1) is 11.3 Å². The van der Waals surface area contributed by atoms with Gasteiger partial charge in [0.05, 0.1) is 10.9 Å². The fraction of sp³-hybridized carbons (Fsp3) is 0.304. The van der Waals surface area contributed by atoms with Crippen LogP contribution in [0.15, 0.2) is 65.0 Å². The quantitative estimate of drug-likeness (QED) is 0.559. The Hall–Kier alpha value is -3.02. The van der Waals surface area contributed by atoms with Gasteiger partial charge in [0.15, 0.2) is 5.13 Å². The Morgan fingerprint density at radius 2 is 1.62 bits per heavy atom. The van der Waals surface area contributed by atoms with E-state index in [-0.39, 0.29) is 22.7 Å². The van der Waals surface area contributed by atoms with Gasteiger partial charge in [-0.2, -0.15) is 0 Å². The predicted molar refractivity (Wildman–Crippen MR) is 130 cm³/mol. The Morgan fingerprint density at radius 3 is 2.26 bits per heavy atom. The highest BCUT2D eigenvalue weighted by Gasteiger charge is 2.37. The summed E-state index contributed by atoms with van der Waals surface area (Å²) in [6, 6.07) is 12.7. The van der Waals surface area contributed by atoms with Gasteiger partial charge in [0, 0.05) is 55.7 Å². The highest BCUT2D eigenvalue weighted by atomic mass is 32.2. The number of piperazine rings is 1. The average Bonchev–Trinajstić information content (AvgIpc) is 3.49.